The predicted octanol–water partition coefficient (Wildman–Crippen LogP) is 3.01. The lowest BCUT2D eigenvalue weighted by Gasteiger charge is -2.20. The molecule has 1 aliphatic rings. The molecule has 2 atom stereocenters. The van der Waals surface area contributed by atoms with Gasteiger partial charge >= 0.3 is 0 Å². The maximum absolute atomic E-state index is 12.6. The van der Waals surface area contributed by atoms with Crippen LogP contribution in [0.15, 0.2) is 30.3 Å². The van der Waals surface area contributed by atoms with Crippen LogP contribution in [0.5, 0.6) is 0 Å². The number of amides is 2. The Morgan fingerprint density at radius 3 is 2.56 bits per heavy atom. The summed E-state index contributed by atoms with van der Waals surface area (Å²) >= 11 is 1.48. The lowest BCUT2D eigenvalue weighted by Crippen LogP contribution is -2.39. The van der Waals surface area contributed by atoms with Gasteiger partial charge in [0.05, 0.1) is 11.6 Å². The number of primary amides is 1. The number of benzene rings is 1. The summed E-state index contributed by atoms with van der Waals surface area (Å²) < 4.78 is 0. The Hall–Kier alpha value is -2.18. The molecule has 6 heteroatoms. The molecule has 25 heavy (non-hydrogen) atoms. The number of nitrogens with two attached hydrogens (primary N) is 1. The molecule has 1 aromatic heterocycles. The zero-order chi connectivity index (χ0) is 18.0. The third kappa shape index (κ3) is 3.75. The summed E-state index contributed by atoms with van der Waals surface area (Å²) in [7, 11) is 0. The number of anilines is 1. The molecule has 0 radical (unpaired) electrons. The molecule has 1 aromatic carbocycles. The van der Waals surface area contributed by atoms with Gasteiger partial charge in [-0.3, -0.25) is 14.9 Å². The second-order valence-corrected chi connectivity index (χ2v) is 7.54. The van der Waals surface area contributed by atoms with Crippen molar-refractivity contribution >= 4 is 28.2 Å². The molecule has 1 heterocycles. The van der Waals surface area contributed by atoms with Crippen LogP contribution >= 0.6 is 11.3 Å². The highest BCUT2D eigenvalue weighted by Crippen LogP contribution is 2.38. The highest BCUT2D eigenvalue weighted by molar-refractivity contribution is 7.17. The molecule has 0 spiro atoms. The number of fused-ring (bicyclic) bond motifs is 1. The molecule has 0 saturated carbocycles. The van der Waals surface area contributed by atoms with Crippen LogP contribution in [0.1, 0.15) is 52.7 Å². The molecular formula is C19H23N3O2S. The third-order valence-electron chi connectivity index (χ3n) is 4.60. The van der Waals surface area contributed by atoms with Crippen LogP contribution < -0.4 is 16.4 Å². The predicted molar refractivity (Wildman–Crippen MR) is 101 cm³/mol. The van der Waals surface area contributed by atoms with Gasteiger partial charge in [-0.1, -0.05) is 30.3 Å². The van der Waals surface area contributed by atoms with Gasteiger partial charge in [-0.15, -0.1) is 11.3 Å². The van der Waals surface area contributed by atoms with E-state index in [1.807, 2.05) is 44.2 Å². The fourth-order valence-corrected chi connectivity index (χ4v) is 4.56. The highest BCUT2D eigenvalue weighted by atomic mass is 32.1. The van der Waals surface area contributed by atoms with Gasteiger partial charge in [-0.25, -0.2) is 0 Å². The van der Waals surface area contributed by atoms with Crippen molar-refractivity contribution in [2.75, 3.05) is 5.32 Å². The van der Waals surface area contributed by atoms with E-state index in [-0.39, 0.29) is 11.9 Å². The topological polar surface area (TPSA) is 84.2 Å². The number of carbonyl (C=O) groups is 2. The second kappa shape index (κ2) is 7.37. The first-order valence-electron chi connectivity index (χ1n) is 8.53. The number of nitrogens with one attached hydrogen (secondary N) is 2. The van der Waals surface area contributed by atoms with Crippen molar-refractivity contribution in [2.45, 2.75) is 45.2 Å². The van der Waals surface area contributed by atoms with E-state index in [0.717, 1.165) is 30.4 Å². The first kappa shape index (κ1) is 17.6. The van der Waals surface area contributed by atoms with Gasteiger partial charge in [0, 0.05) is 10.9 Å². The Morgan fingerprint density at radius 1 is 1.16 bits per heavy atom. The van der Waals surface area contributed by atoms with Crippen molar-refractivity contribution in [2.24, 2.45) is 5.73 Å². The second-order valence-electron chi connectivity index (χ2n) is 6.44. The molecule has 0 saturated heterocycles. The Labute approximate surface area is 151 Å². The average molecular weight is 357 g/mol. The summed E-state index contributed by atoms with van der Waals surface area (Å²) in [4.78, 5) is 25.5. The number of hydrogen-bond donors (Lipinski definition) is 3. The van der Waals surface area contributed by atoms with E-state index in [0.29, 0.717) is 10.6 Å². The fourth-order valence-electron chi connectivity index (χ4n) is 3.26. The lowest BCUT2D eigenvalue weighted by molar-refractivity contribution is -0.117. The van der Waals surface area contributed by atoms with Gasteiger partial charge in [0.15, 0.2) is 0 Å². The molecule has 0 fully saturated rings. The summed E-state index contributed by atoms with van der Waals surface area (Å²) in [6, 6.07) is 9.62. The smallest absolute Gasteiger partial charge is 0.251 e. The minimum absolute atomic E-state index is 0.0471. The minimum Gasteiger partial charge on any atom is -0.365 e. The Bertz CT molecular complexity index is 785. The largest absolute Gasteiger partial charge is 0.365 e. The summed E-state index contributed by atoms with van der Waals surface area (Å²) in [6.45, 7) is 3.84. The quantitative estimate of drug-likeness (QED) is 0.743. The van der Waals surface area contributed by atoms with Crippen LogP contribution in [0.2, 0.25) is 0 Å². The Balaban J connectivity index is 1.69. The molecule has 1 aliphatic carbocycles. The molecule has 2 aromatic rings. The van der Waals surface area contributed by atoms with Gasteiger partial charge in [0.1, 0.15) is 5.00 Å². The van der Waals surface area contributed by atoms with Gasteiger partial charge in [0.25, 0.3) is 5.91 Å². The van der Waals surface area contributed by atoms with Crippen molar-refractivity contribution in [3.05, 3.63) is 51.9 Å². The Kier molecular flexibility index (Phi) is 5.20. The van der Waals surface area contributed by atoms with Gasteiger partial charge in [-0.05, 0) is 44.2 Å². The average Bonchev–Trinajstić information content (AvgIpc) is 3.15. The van der Waals surface area contributed by atoms with Crippen LogP contribution in [-0.2, 0) is 17.6 Å². The van der Waals surface area contributed by atoms with Gasteiger partial charge in [0.2, 0.25) is 5.91 Å². The normalized spacial score (nSPS) is 15.4. The molecule has 0 bridgehead atoms. The van der Waals surface area contributed by atoms with Crippen LogP contribution in [0.25, 0.3) is 0 Å². The SMILES string of the molecule is C[C@H](N[C@H](C)c1ccccc1)C(=O)Nc1sc2c(c1C(N)=O)CCC2. The van der Waals surface area contributed by atoms with Crippen molar-refractivity contribution < 1.29 is 9.59 Å². The first-order chi connectivity index (χ1) is 12.0. The van der Waals surface area contributed by atoms with Crippen molar-refractivity contribution in [3.63, 3.8) is 0 Å². The van der Waals surface area contributed by atoms with Gasteiger partial charge in [-0.2, -0.15) is 0 Å². The zero-order valence-electron chi connectivity index (χ0n) is 14.5. The molecule has 3 rings (SSSR count). The van der Waals surface area contributed by atoms with Crippen molar-refractivity contribution in [1.29, 1.82) is 0 Å². The molecule has 2 amide bonds. The van der Waals surface area contributed by atoms with E-state index < -0.39 is 11.9 Å². The monoisotopic (exact) mass is 357 g/mol. The molecular weight excluding hydrogens is 334 g/mol. The zero-order valence-corrected chi connectivity index (χ0v) is 15.3. The summed E-state index contributed by atoms with van der Waals surface area (Å²) in [6.07, 6.45) is 2.86. The van der Waals surface area contributed by atoms with Crippen LogP contribution in [0.3, 0.4) is 0 Å². The summed E-state index contributed by atoms with van der Waals surface area (Å²) in [5.74, 6) is -0.627. The summed E-state index contributed by atoms with van der Waals surface area (Å²) in [5.41, 5.74) is 8.18. The van der Waals surface area contributed by atoms with Crippen LogP contribution in [0.4, 0.5) is 5.00 Å². The fraction of sp³-hybridized carbons (Fsp3) is 0.368. The van der Waals surface area contributed by atoms with E-state index in [9.17, 15) is 9.59 Å². The van der Waals surface area contributed by atoms with Gasteiger partial charge < -0.3 is 11.1 Å². The summed E-state index contributed by atoms with van der Waals surface area (Å²) in [5, 5.41) is 6.77. The number of carbonyl (C=O) groups excluding carboxylic acids is 2. The lowest BCUT2D eigenvalue weighted by atomic mass is 10.1. The number of rotatable bonds is 6. The first-order valence-corrected chi connectivity index (χ1v) is 9.35. The van der Waals surface area contributed by atoms with Crippen molar-refractivity contribution in [3.8, 4) is 0 Å². The molecule has 4 N–H and O–H groups in total. The minimum atomic E-state index is -0.465. The number of aryl methyl sites for hydroxylation is 1. The third-order valence-corrected chi connectivity index (χ3v) is 5.80. The standard InChI is InChI=1S/C19H23N3O2S/c1-11(13-7-4-3-5-8-13)21-12(2)18(24)22-19-16(17(20)23)14-9-6-10-15(14)25-19/h3-5,7-8,11-12,21H,6,9-10H2,1-2H3,(H2,20,23)(H,22,24)/t11-,12+/m1/s1. The highest BCUT2D eigenvalue weighted by Gasteiger charge is 2.27. The van der Waals surface area contributed by atoms with E-state index in [1.54, 1.807) is 0 Å². The molecule has 0 aliphatic heterocycles. The van der Waals surface area contributed by atoms with Crippen LogP contribution in [-0.4, -0.2) is 17.9 Å². The van der Waals surface area contributed by atoms with E-state index in [2.05, 4.69) is 10.6 Å². The maximum Gasteiger partial charge on any atom is 0.251 e. The number of hydrogen-bond acceptors (Lipinski definition) is 4. The molecule has 132 valence electrons. The van der Waals surface area contributed by atoms with E-state index >= 15 is 0 Å². The van der Waals surface area contributed by atoms with Crippen molar-refractivity contribution in [1.82, 2.24) is 5.32 Å². The molecule has 0 unspecified atom stereocenters. The van der Waals surface area contributed by atoms with E-state index in [4.69, 9.17) is 5.73 Å². The maximum atomic E-state index is 12.6. The van der Waals surface area contributed by atoms with E-state index in [1.165, 1.54) is 16.2 Å². The van der Waals surface area contributed by atoms with Crippen LogP contribution in [0, 0.1) is 0 Å². The molecule has 5 nitrogen and oxygen atoms in total. The number of thiophene rings is 1. The Morgan fingerprint density at radius 2 is 1.88 bits per heavy atom.